The van der Waals surface area contributed by atoms with Crippen LogP contribution < -0.4 is 5.32 Å². The Kier molecular flexibility index (Phi) is 11.2. The van der Waals surface area contributed by atoms with Crippen LogP contribution >= 0.6 is 11.8 Å². The Bertz CT molecular complexity index is 521. The van der Waals surface area contributed by atoms with Gasteiger partial charge in [-0.15, -0.1) is 11.8 Å². The molecule has 0 bridgehead atoms. The summed E-state index contributed by atoms with van der Waals surface area (Å²) in [5.41, 5.74) is 0.191. The highest BCUT2D eigenvalue weighted by Gasteiger charge is 2.22. The molecule has 0 aromatic rings. The van der Waals surface area contributed by atoms with Crippen molar-refractivity contribution in [2.75, 3.05) is 33.1 Å². The van der Waals surface area contributed by atoms with Crippen molar-refractivity contribution < 1.29 is 19.5 Å². The summed E-state index contributed by atoms with van der Waals surface area (Å²) in [6, 6.07) is -0.347. The van der Waals surface area contributed by atoms with E-state index in [1.807, 2.05) is 25.8 Å². The molecule has 26 heavy (non-hydrogen) atoms. The highest BCUT2D eigenvalue weighted by molar-refractivity contribution is 7.99. The van der Waals surface area contributed by atoms with Crippen LogP contribution in [0.2, 0.25) is 0 Å². The topological polar surface area (TPSA) is 90.0 Å². The number of carboxylic acid groups (broad SMARTS) is 1. The van der Waals surface area contributed by atoms with E-state index in [0.717, 1.165) is 5.88 Å². The summed E-state index contributed by atoms with van der Waals surface area (Å²) < 4.78 is 0. The standard InChI is InChI=1S/C18H33N3O4S/c1-12(2)15(8-14(5)18(24)25)21(7)17(23)9-19-16(22)10-20(6)11-26-13(3)4/h8,12-13,15H,9-11H2,1-7H3,(H,19,22)(H,24,25)/b14-8+/t15-/m1/s1. The number of nitrogens with one attached hydrogen (secondary N) is 1. The third-order valence-electron chi connectivity index (χ3n) is 3.76. The second-order valence-corrected chi connectivity index (χ2v) is 8.56. The van der Waals surface area contributed by atoms with Gasteiger partial charge in [0.05, 0.1) is 19.1 Å². The summed E-state index contributed by atoms with van der Waals surface area (Å²) in [6.07, 6.45) is 1.57. The SMILES string of the molecule is C/C(=C\[C@H](C(C)C)N(C)C(=O)CNC(=O)CN(C)CSC(C)C)C(=O)O. The van der Waals surface area contributed by atoms with E-state index >= 15 is 0 Å². The number of hydrogen-bond donors (Lipinski definition) is 2. The predicted molar refractivity (Wildman–Crippen MR) is 106 cm³/mol. The van der Waals surface area contributed by atoms with Crippen LogP contribution in [0, 0.1) is 5.92 Å². The molecule has 0 aromatic carbocycles. The third kappa shape index (κ3) is 9.82. The molecule has 0 spiro atoms. The molecule has 0 heterocycles. The maximum absolute atomic E-state index is 12.4. The number of amides is 2. The van der Waals surface area contributed by atoms with E-state index in [4.69, 9.17) is 5.11 Å². The Labute approximate surface area is 161 Å². The van der Waals surface area contributed by atoms with E-state index in [-0.39, 0.29) is 42.4 Å². The van der Waals surface area contributed by atoms with Crippen LogP contribution in [0.3, 0.4) is 0 Å². The molecule has 150 valence electrons. The van der Waals surface area contributed by atoms with E-state index in [2.05, 4.69) is 19.2 Å². The fourth-order valence-electron chi connectivity index (χ4n) is 2.17. The molecule has 0 aliphatic carbocycles. The second kappa shape index (κ2) is 12.0. The number of hydrogen-bond acceptors (Lipinski definition) is 5. The van der Waals surface area contributed by atoms with Crippen LogP contribution in [-0.4, -0.2) is 77.0 Å². The van der Waals surface area contributed by atoms with Gasteiger partial charge in [-0.05, 0) is 19.9 Å². The van der Waals surface area contributed by atoms with E-state index in [1.165, 1.54) is 11.8 Å². The number of nitrogens with zero attached hydrogens (tertiary/aromatic N) is 2. The summed E-state index contributed by atoms with van der Waals surface area (Å²) in [4.78, 5) is 38.7. The quantitative estimate of drug-likeness (QED) is 0.414. The van der Waals surface area contributed by atoms with Gasteiger partial charge in [0, 0.05) is 23.7 Å². The van der Waals surface area contributed by atoms with Crippen LogP contribution in [-0.2, 0) is 14.4 Å². The zero-order valence-corrected chi connectivity index (χ0v) is 17.7. The van der Waals surface area contributed by atoms with E-state index < -0.39 is 5.97 Å². The average molecular weight is 388 g/mol. The number of aliphatic carboxylic acids is 1. The molecule has 8 heteroatoms. The van der Waals surface area contributed by atoms with Crippen LogP contribution in [0.1, 0.15) is 34.6 Å². The first-order valence-corrected chi connectivity index (χ1v) is 9.74. The zero-order valence-electron chi connectivity index (χ0n) is 16.9. The average Bonchev–Trinajstić information content (AvgIpc) is 2.54. The number of carboxylic acids is 1. The Morgan fingerprint density at radius 3 is 2.19 bits per heavy atom. The van der Waals surface area contributed by atoms with Crippen LogP contribution in [0.5, 0.6) is 0 Å². The molecule has 0 aliphatic heterocycles. The lowest BCUT2D eigenvalue weighted by molar-refractivity contribution is -0.134. The molecule has 0 radical (unpaired) electrons. The Hall–Kier alpha value is -1.54. The lowest BCUT2D eigenvalue weighted by atomic mass is 10.00. The van der Waals surface area contributed by atoms with Gasteiger partial charge in [-0.3, -0.25) is 14.5 Å². The number of carbonyl (C=O) groups excluding carboxylic acids is 2. The molecule has 0 saturated heterocycles. The summed E-state index contributed by atoms with van der Waals surface area (Å²) in [5, 5.41) is 12.2. The highest BCUT2D eigenvalue weighted by atomic mass is 32.2. The van der Waals surface area contributed by atoms with Gasteiger partial charge in [0.15, 0.2) is 0 Å². The highest BCUT2D eigenvalue weighted by Crippen LogP contribution is 2.13. The van der Waals surface area contributed by atoms with Gasteiger partial charge in [0.2, 0.25) is 11.8 Å². The lowest BCUT2D eigenvalue weighted by Gasteiger charge is -2.29. The predicted octanol–water partition coefficient (Wildman–Crippen LogP) is 1.65. The fraction of sp³-hybridized carbons (Fsp3) is 0.722. The van der Waals surface area contributed by atoms with Gasteiger partial charge < -0.3 is 15.3 Å². The first-order valence-electron chi connectivity index (χ1n) is 8.69. The molecule has 0 rings (SSSR count). The minimum Gasteiger partial charge on any atom is -0.478 e. The summed E-state index contributed by atoms with van der Waals surface area (Å²) in [7, 11) is 3.48. The van der Waals surface area contributed by atoms with Crippen molar-refractivity contribution in [2.45, 2.75) is 45.9 Å². The van der Waals surface area contributed by atoms with Gasteiger partial charge in [-0.1, -0.05) is 33.8 Å². The van der Waals surface area contributed by atoms with Crippen molar-refractivity contribution in [1.82, 2.24) is 15.1 Å². The first kappa shape index (κ1) is 24.5. The molecule has 0 aliphatic rings. The number of likely N-dealkylation sites (N-methyl/N-ethyl adjacent to an activating group) is 2. The van der Waals surface area contributed by atoms with Gasteiger partial charge in [-0.2, -0.15) is 0 Å². The van der Waals surface area contributed by atoms with Crippen LogP contribution in [0.4, 0.5) is 0 Å². The monoisotopic (exact) mass is 387 g/mol. The van der Waals surface area contributed by atoms with Gasteiger partial charge in [0.1, 0.15) is 0 Å². The first-order chi connectivity index (χ1) is 12.0. The molecule has 0 saturated carbocycles. The number of rotatable bonds is 11. The smallest absolute Gasteiger partial charge is 0.331 e. The largest absolute Gasteiger partial charge is 0.478 e. The molecular formula is C18H33N3O4S. The summed E-state index contributed by atoms with van der Waals surface area (Å²) in [5.74, 6) is -0.684. The molecule has 0 fully saturated rings. The van der Waals surface area contributed by atoms with Crippen LogP contribution in [0.15, 0.2) is 11.6 Å². The minimum absolute atomic E-state index is 0.0492. The number of thioether (sulfide) groups is 1. The molecule has 2 N–H and O–H groups in total. The Morgan fingerprint density at radius 1 is 1.15 bits per heavy atom. The van der Waals surface area contributed by atoms with E-state index in [1.54, 1.807) is 24.9 Å². The maximum atomic E-state index is 12.4. The zero-order chi connectivity index (χ0) is 20.4. The molecule has 7 nitrogen and oxygen atoms in total. The second-order valence-electron chi connectivity index (χ2n) is 7.03. The molecule has 2 amide bonds. The van der Waals surface area contributed by atoms with Crippen molar-refractivity contribution in [3.05, 3.63) is 11.6 Å². The Morgan fingerprint density at radius 2 is 1.73 bits per heavy atom. The summed E-state index contributed by atoms with van der Waals surface area (Å²) in [6.45, 7) is 9.65. The normalized spacial score (nSPS) is 13.2. The van der Waals surface area contributed by atoms with Crippen molar-refractivity contribution in [3.63, 3.8) is 0 Å². The third-order valence-corrected chi connectivity index (χ3v) is 5.02. The Balaban J connectivity index is 4.61. The van der Waals surface area contributed by atoms with Crippen molar-refractivity contribution >= 4 is 29.5 Å². The van der Waals surface area contributed by atoms with Gasteiger partial charge in [0.25, 0.3) is 0 Å². The minimum atomic E-state index is -1.01. The van der Waals surface area contributed by atoms with E-state index in [0.29, 0.717) is 5.25 Å². The lowest BCUT2D eigenvalue weighted by Crippen LogP contribution is -2.46. The van der Waals surface area contributed by atoms with Crippen molar-refractivity contribution in [1.29, 1.82) is 0 Å². The van der Waals surface area contributed by atoms with Gasteiger partial charge >= 0.3 is 5.97 Å². The molecule has 0 aromatic heterocycles. The fourth-order valence-corrected chi connectivity index (χ4v) is 2.81. The molecular weight excluding hydrogens is 354 g/mol. The maximum Gasteiger partial charge on any atom is 0.331 e. The number of carbonyl (C=O) groups is 3. The molecule has 1 atom stereocenters. The van der Waals surface area contributed by atoms with Crippen LogP contribution in [0.25, 0.3) is 0 Å². The van der Waals surface area contributed by atoms with Gasteiger partial charge in [-0.25, -0.2) is 4.79 Å². The molecule has 0 unspecified atom stereocenters. The van der Waals surface area contributed by atoms with Crippen molar-refractivity contribution in [2.24, 2.45) is 5.92 Å². The summed E-state index contributed by atoms with van der Waals surface area (Å²) >= 11 is 1.74. The van der Waals surface area contributed by atoms with E-state index in [9.17, 15) is 14.4 Å². The van der Waals surface area contributed by atoms with Crippen molar-refractivity contribution in [3.8, 4) is 0 Å².